The fraction of sp³-hybridized carbons (Fsp3) is 0.304. The number of hydrogen-bond donors (Lipinski definition) is 2. The molecule has 2 N–H and O–H groups in total. The third kappa shape index (κ3) is 7.55. The molecule has 1 atom stereocenters. The summed E-state index contributed by atoms with van der Waals surface area (Å²) in [6.07, 6.45) is 3.67. The van der Waals surface area contributed by atoms with Gasteiger partial charge in [0.15, 0.2) is 17.3 Å². The van der Waals surface area contributed by atoms with E-state index in [0.29, 0.717) is 0 Å². The Labute approximate surface area is 244 Å². The minimum atomic E-state index is -3.63. The van der Waals surface area contributed by atoms with E-state index in [4.69, 9.17) is 28.3 Å². The first kappa shape index (κ1) is 31.9. The Balaban J connectivity index is 0.000000228. The van der Waals surface area contributed by atoms with E-state index in [0.717, 1.165) is 18.4 Å². The summed E-state index contributed by atoms with van der Waals surface area (Å²) in [6.45, 7) is -0.708. The molecule has 1 aliphatic heterocycles. The maximum Gasteiger partial charge on any atom is 0.361 e. The molecule has 1 unspecified atom stereocenters. The number of nitrogens with zero attached hydrogens (tertiary/aromatic N) is 6. The van der Waals surface area contributed by atoms with Gasteiger partial charge in [-0.25, -0.2) is 29.2 Å². The van der Waals surface area contributed by atoms with E-state index >= 15 is 0 Å². The molecule has 4 heterocycles. The molecule has 1 aliphatic rings. The summed E-state index contributed by atoms with van der Waals surface area (Å²) in [5, 5.41) is 29.0. The Morgan fingerprint density at radius 2 is 1.68 bits per heavy atom. The number of hydrazone groups is 1. The molecule has 15 nitrogen and oxygen atoms in total. The van der Waals surface area contributed by atoms with Gasteiger partial charge in [0.1, 0.15) is 6.61 Å². The van der Waals surface area contributed by atoms with E-state index < -0.39 is 27.8 Å². The van der Waals surface area contributed by atoms with Crippen LogP contribution >= 0.6 is 23.2 Å². The number of aliphatic hydroxyl groups is 2. The zero-order valence-electron chi connectivity index (χ0n) is 21.8. The normalized spacial score (nSPS) is 16.5. The van der Waals surface area contributed by atoms with Gasteiger partial charge in [0, 0.05) is 12.4 Å². The molecule has 0 saturated heterocycles. The average Bonchev–Trinajstić information content (AvgIpc) is 3.53. The molecular formula is C23H24Cl2N6O9S. The Hall–Kier alpha value is -3.67. The molecule has 3 aromatic heterocycles. The van der Waals surface area contributed by atoms with Crippen LogP contribution in [0.2, 0.25) is 10.0 Å². The van der Waals surface area contributed by atoms with Crippen LogP contribution in [0, 0.1) is 0 Å². The van der Waals surface area contributed by atoms with Crippen LogP contribution in [0.15, 0.2) is 47.8 Å². The summed E-state index contributed by atoms with van der Waals surface area (Å²) >= 11 is 12.0. The SMILES string of the molecule is COC(=O)C1(O)CC(CO)=NN1c1ncccc1Cl.COC(=O)c1cc(COS(C)(=O)=O)nn1-c1ncccc1Cl. The van der Waals surface area contributed by atoms with Crippen molar-refractivity contribution >= 4 is 56.8 Å². The largest absolute Gasteiger partial charge is 0.465 e. The molecule has 0 aliphatic carbocycles. The third-order valence-corrected chi connectivity index (χ3v) is 6.33. The molecule has 0 spiro atoms. The number of carbonyl (C=O) groups is 2. The van der Waals surface area contributed by atoms with Gasteiger partial charge in [-0.1, -0.05) is 23.2 Å². The molecule has 4 rings (SSSR count). The van der Waals surface area contributed by atoms with E-state index in [1.54, 1.807) is 24.3 Å². The summed E-state index contributed by atoms with van der Waals surface area (Å²) < 4.78 is 37.1. The number of carbonyl (C=O) groups excluding carboxylic acids is 2. The summed E-state index contributed by atoms with van der Waals surface area (Å²) in [7, 11) is -1.27. The van der Waals surface area contributed by atoms with Gasteiger partial charge in [-0.2, -0.15) is 18.6 Å². The standard InChI is InChI=1S/C12H12ClN3O5S.C11H12ClN3O4/c1-20-12(17)10-6-8(7-21-22(2,18)19)15-16(10)11-9(13)4-3-5-14-11;1-19-10(17)11(18)5-7(6-16)14-15(11)9-8(12)3-2-4-13-9/h3-6H,7H2,1-2H3;2-4,16,18H,5-6H2,1H3. The fourth-order valence-electron chi connectivity index (χ4n) is 3.40. The Morgan fingerprint density at radius 3 is 2.20 bits per heavy atom. The van der Waals surface area contributed by atoms with Gasteiger partial charge < -0.3 is 19.7 Å². The smallest absolute Gasteiger partial charge is 0.361 e. The molecule has 0 aromatic carbocycles. The zero-order valence-corrected chi connectivity index (χ0v) is 24.1. The molecule has 41 heavy (non-hydrogen) atoms. The third-order valence-electron chi connectivity index (χ3n) is 5.19. The number of ether oxygens (including phenoxy) is 2. The second-order valence-corrected chi connectivity index (χ2v) is 10.6. The highest BCUT2D eigenvalue weighted by Crippen LogP contribution is 2.34. The van der Waals surface area contributed by atoms with Gasteiger partial charge in [0.2, 0.25) is 0 Å². The summed E-state index contributed by atoms with van der Waals surface area (Å²) in [4.78, 5) is 31.6. The Kier molecular flexibility index (Phi) is 10.4. The number of aromatic nitrogens is 4. The second-order valence-electron chi connectivity index (χ2n) is 8.13. The van der Waals surface area contributed by atoms with Gasteiger partial charge >= 0.3 is 11.9 Å². The fourth-order valence-corrected chi connectivity index (χ4v) is 4.14. The maximum absolute atomic E-state index is 11.8. The van der Waals surface area contributed by atoms with Crippen LogP contribution in [-0.2, 0) is 35.2 Å². The van der Waals surface area contributed by atoms with Gasteiger partial charge in [-0.15, -0.1) is 0 Å². The zero-order chi connectivity index (χ0) is 30.4. The topological polar surface area (TPSA) is 196 Å². The molecular weight excluding hydrogens is 607 g/mol. The molecule has 3 aromatic rings. The number of esters is 2. The van der Waals surface area contributed by atoms with Gasteiger partial charge in [-0.05, 0) is 30.3 Å². The quantitative estimate of drug-likeness (QED) is 0.267. The summed E-state index contributed by atoms with van der Waals surface area (Å²) in [6, 6.07) is 7.71. The highest BCUT2D eigenvalue weighted by atomic mass is 35.5. The number of hydrogen-bond acceptors (Lipinski definition) is 14. The van der Waals surface area contributed by atoms with E-state index in [2.05, 4.69) is 33.8 Å². The number of anilines is 1. The first-order chi connectivity index (χ1) is 19.3. The lowest BCUT2D eigenvalue weighted by Crippen LogP contribution is -2.51. The van der Waals surface area contributed by atoms with E-state index in [-0.39, 0.29) is 58.4 Å². The highest BCUT2D eigenvalue weighted by Gasteiger charge is 2.50. The van der Waals surface area contributed by atoms with Crippen LogP contribution < -0.4 is 5.01 Å². The summed E-state index contributed by atoms with van der Waals surface area (Å²) in [5.41, 5.74) is -1.55. The first-order valence-electron chi connectivity index (χ1n) is 11.4. The van der Waals surface area contributed by atoms with Crippen molar-refractivity contribution in [1.29, 1.82) is 0 Å². The van der Waals surface area contributed by atoms with Crippen molar-refractivity contribution in [2.45, 2.75) is 18.8 Å². The predicted molar refractivity (Wildman–Crippen MR) is 145 cm³/mol. The van der Waals surface area contributed by atoms with Crippen molar-refractivity contribution in [3.63, 3.8) is 0 Å². The van der Waals surface area contributed by atoms with E-state index in [9.17, 15) is 23.1 Å². The van der Waals surface area contributed by atoms with Crippen molar-refractivity contribution in [1.82, 2.24) is 19.7 Å². The van der Waals surface area contributed by atoms with Crippen molar-refractivity contribution in [3.05, 3.63) is 64.2 Å². The lowest BCUT2D eigenvalue weighted by atomic mass is 10.1. The van der Waals surface area contributed by atoms with E-state index in [1.807, 2.05) is 0 Å². The van der Waals surface area contributed by atoms with Crippen LogP contribution in [0.4, 0.5) is 5.82 Å². The number of pyridine rings is 2. The first-order valence-corrected chi connectivity index (χ1v) is 13.9. The van der Waals surface area contributed by atoms with Gasteiger partial charge in [-0.3, -0.25) is 4.18 Å². The van der Waals surface area contributed by atoms with Gasteiger partial charge in [0.05, 0.1) is 55.0 Å². The number of halogens is 2. The van der Waals surface area contributed by atoms with Gasteiger partial charge in [0.25, 0.3) is 15.8 Å². The molecule has 0 radical (unpaired) electrons. The van der Waals surface area contributed by atoms with Crippen LogP contribution in [0.1, 0.15) is 22.6 Å². The highest BCUT2D eigenvalue weighted by molar-refractivity contribution is 7.85. The molecule has 0 fully saturated rings. The van der Waals surface area contributed by atoms with Crippen LogP contribution in [0.3, 0.4) is 0 Å². The number of rotatable bonds is 8. The Bertz CT molecular complexity index is 1570. The average molecular weight is 631 g/mol. The molecule has 0 saturated carbocycles. The van der Waals surface area contributed by atoms with Crippen LogP contribution in [-0.4, -0.2) is 88.8 Å². The number of aliphatic hydroxyl groups excluding tert-OH is 1. The second kappa shape index (κ2) is 13.3. The molecule has 0 amide bonds. The lowest BCUT2D eigenvalue weighted by molar-refractivity contribution is -0.160. The molecule has 18 heteroatoms. The van der Waals surface area contributed by atoms with Crippen molar-refractivity contribution < 1.29 is 41.9 Å². The summed E-state index contributed by atoms with van der Waals surface area (Å²) in [5.74, 6) is -1.24. The minimum Gasteiger partial charge on any atom is -0.465 e. The lowest BCUT2D eigenvalue weighted by Gasteiger charge is -2.29. The van der Waals surface area contributed by atoms with Crippen molar-refractivity contribution in [2.75, 3.05) is 32.1 Å². The molecule has 0 bridgehead atoms. The predicted octanol–water partition coefficient (Wildman–Crippen LogP) is 1.34. The monoisotopic (exact) mass is 630 g/mol. The molecule has 220 valence electrons. The van der Waals surface area contributed by atoms with E-state index in [1.165, 1.54) is 30.3 Å². The van der Waals surface area contributed by atoms with Crippen molar-refractivity contribution in [2.24, 2.45) is 5.10 Å². The van der Waals surface area contributed by atoms with Crippen LogP contribution in [0.25, 0.3) is 5.82 Å². The minimum absolute atomic E-state index is 0.0511. The maximum atomic E-state index is 11.8. The Morgan fingerprint density at radius 1 is 1.07 bits per heavy atom. The number of methoxy groups -OCH3 is 2. The van der Waals surface area contributed by atoms with Crippen molar-refractivity contribution in [3.8, 4) is 5.82 Å². The van der Waals surface area contributed by atoms with Crippen LogP contribution in [0.5, 0.6) is 0 Å².